The van der Waals surface area contributed by atoms with E-state index in [0.717, 1.165) is 35.7 Å². The third-order valence-electron chi connectivity index (χ3n) is 5.60. The highest BCUT2D eigenvalue weighted by molar-refractivity contribution is 8.00. The lowest BCUT2D eigenvalue weighted by Gasteiger charge is -2.24. The van der Waals surface area contributed by atoms with Crippen molar-refractivity contribution >= 4 is 17.7 Å². The highest BCUT2D eigenvalue weighted by Crippen LogP contribution is 2.31. The third kappa shape index (κ3) is 5.10. The SMILES string of the molecule is COc1ccc(-c2nnc(SC(C)C(=O)NC3CCCCC3)n2-c2ccccc2)cc1. The fourth-order valence-corrected chi connectivity index (χ4v) is 4.74. The quantitative estimate of drug-likeness (QED) is 0.535. The van der Waals surface area contributed by atoms with Crippen LogP contribution in [0.5, 0.6) is 5.75 Å². The minimum Gasteiger partial charge on any atom is -0.497 e. The van der Waals surface area contributed by atoms with Crippen LogP contribution in [0.25, 0.3) is 17.1 Å². The summed E-state index contributed by atoms with van der Waals surface area (Å²) < 4.78 is 7.29. The maximum Gasteiger partial charge on any atom is 0.233 e. The molecule has 0 bridgehead atoms. The second kappa shape index (κ2) is 10.0. The predicted octanol–water partition coefficient (Wildman–Crippen LogP) is 4.87. The lowest BCUT2D eigenvalue weighted by atomic mass is 9.95. The number of nitrogens with one attached hydrogen (secondary N) is 1. The second-order valence-electron chi connectivity index (χ2n) is 7.81. The molecule has 1 unspecified atom stereocenters. The lowest BCUT2D eigenvalue weighted by Crippen LogP contribution is -2.40. The van der Waals surface area contributed by atoms with Crippen molar-refractivity contribution in [2.45, 2.75) is 55.5 Å². The van der Waals surface area contributed by atoms with Crippen LogP contribution in [-0.4, -0.2) is 39.1 Å². The molecule has 1 fully saturated rings. The van der Waals surface area contributed by atoms with E-state index in [1.165, 1.54) is 31.0 Å². The van der Waals surface area contributed by atoms with Crippen LogP contribution in [-0.2, 0) is 4.79 Å². The Labute approximate surface area is 187 Å². The normalized spacial score (nSPS) is 15.4. The molecule has 1 aliphatic carbocycles. The molecule has 4 rings (SSSR count). The number of amides is 1. The van der Waals surface area contributed by atoms with Gasteiger partial charge in [-0.25, -0.2) is 0 Å². The first kappa shape index (κ1) is 21.4. The molecule has 31 heavy (non-hydrogen) atoms. The van der Waals surface area contributed by atoms with Crippen LogP contribution in [0.4, 0.5) is 0 Å². The zero-order valence-electron chi connectivity index (χ0n) is 18.0. The number of aromatic nitrogens is 3. The van der Waals surface area contributed by atoms with Gasteiger partial charge in [0.1, 0.15) is 5.75 Å². The van der Waals surface area contributed by atoms with Crippen molar-refractivity contribution in [2.24, 2.45) is 0 Å². The number of nitrogens with zero attached hydrogens (tertiary/aromatic N) is 3. The van der Waals surface area contributed by atoms with Gasteiger partial charge in [0.2, 0.25) is 5.91 Å². The van der Waals surface area contributed by atoms with Gasteiger partial charge in [0.05, 0.1) is 12.4 Å². The summed E-state index contributed by atoms with van der Waals surface area (Å²) in [6, 6.07) is 18.0. The average molecular weight is 437 g/mol. The second-order valence-corrected chi connectivity index (χ2v) is 9.12. The fraction of sp³-hybridized carbons (Fsp3) is 0.375. The lowest BCUT2D eigenvalue weighted by molar-refractivity contribution is -0.121. The van der Waals surface area contributed by atoms with E-state index in [9.17, 15) is 4.79 Å². The van der Waals surface area contributed by atoms with Gasteiger partial charge in [-0.2, -0.15) is 0 Å². The molecule has 162 valence electrons. The number of thioether (sulfide) groups is 1. The molecule has 1 amide bonds. The Morgan fingerprint density at radius 3 is 2.45 bits per heavy atom. The Balaban J connectivity index is 1.59. The van der Waals surface area contributed by atoms with Gasteiger partial charge < -0.3 is 10.1 Å². The Hall–Kier alpha value is -2.80. The fourth-order valence-electron chi connectivity index (χ4n) is 3.86. The van der Waals surface area contributed by atoms with Gasteiger partial charge in [-0.1, -0.05) is 49.2 Å². The molecule has 2 aromatic carbocycles. The zero-order valence-corrected chi connectivity index (χ0v) is 18.8. The van der Waals surface area contributed by atoms with E-state index in [1.807, 2.05) is 66.1 Å². The van der Waals surface area contributed by atoms with Crippen LogP contribution in [0.15, 0.2) is 59.8 Å². The van der Waals surface area contributed by atoms with Crippen molar-refractivity contribution in [3.63, 3.8) is 0 Å². The number of carbonyl (C=O) groups excluding carboxylic acids is 1. The molecule has 0 saturated heterocycles. The van der Waals surface area contributed by atoms with Gasteiger partial charge >= 0.3 is 0 Å². The van der Waals surface area contributed by atoms with Gasteiger partial charge in [0.25, 0.3) is 0 Å². The molecule has 0 spiro atoms. The molecule has 1 saturated carbocycles. The Morgan fingerprint density at radius 2 is 1.77 bits per heavy atom. The molecular weight excluding hydrogens is 408 g/mol. The van der Waals surface area contributed by atoms with Crippen molar-refractivity contribution in [2.75, 3.05) is 7.11 Å². The summed E-state index contributed by atoms with van der Waals surface area (Å²) in [5.74, 6) is 1.58. The van der Waals surface area contributed by atoms with E-state index < -0.39 is 0 Å². The van der Waals surface area contributed by atoms with Gasteiger partial charge in [0.15, 0.2) is 11.0 Å². The van der Waals surface area contributed by atoms with Gasteiger partial charge in [-0.05, 0) is 56.2 Å². The van der Waals surface area contributed by atoms with E-state index in [4.69, 9.17) is 4.74 Å². The third-order valence-corrected chi connectivity index (χ3v) is 6.64. The number of methoxy groups -OCH3 is 1. The largest absolute Gasteiger partial charge is 0.497 e. The first-order valence-electron chi connectivity index (χ1n) is 10.8. The van der Waals surface area contributed by atoms with Crippen molar-refractivity contribution < 1.29 is 9.53 Å². The predicted molar refractivity (Wildman–Crippen MR) is 124 cm³/mol. The Bertz CT molecular complexity index is 998. The van der Waals surface area contributed by atoms with E-state index in [2.05, 4.69) is 15.5 Å². The molecule has 6 nitrogen and oxygen atoms in total. The van der Waals surface area contributed by atoms with E-state index >= 15 is 0 Å². The first-order valence-corrected chi connectivity index (χ1v) is 11.7. The maximum atomic E-state index is 12.8. The summed E-state index contributed by atoms with van der Waals surface area (Å²) in [4.78, 5) is 12.8. The maximum absolute atomic E-state index is 12.8. The standard InChI is InChI=1S/C24H28N4O2S/c1-17(23(29)25-19-9-5-3-6-10-19)31-24-27-26-22(18-13-15-21(30-2)16-14-18)28(24)20-11-7-4-8-12-20/h4,7-8,11-17,19H,3,5-6,9-10H2,1-2H3,(H,25,29). The number of benzene rings is 2. The van der Waals surface area contributed by atoms with Crippen LogP contribution in [0, 0.1) is 0 Å². The van der Waals surface area contributed by atoms with Crippen molar-refractivity contribution in [1.29, 1.82) is 0 Å². The highest BCUT2D eigenvalue weighted by Gasteiger charge is 2.24. The number of carbonyl (C=O) groups is 1. The molecule has 1 aromatic heterocycles. The van der Waals surface area contributed by atoms with Crippen LogP contribution in [0.1, 0.15) is 39.0 Å². The molecule has 1 aliphatic rings. The van der Waals surface area contributed by atoms with Crippen LogP contribution < -0.4 is 10.1 Å². The summed E-state index contributed by atoms with van der Waals surface area (Å²) in [5, 5.41) is 12.6. The van der Waals surface area contributed by atoms with Crippen molar-refractivity contribution in [1.82, 2.24) is 20.1 Å². The van der Waals surface area contributed by atoms with Crippen LogP contribution in [0.3, 0.4) is 0 Å². The summed E-state index contributed by atoms with van der Waals surface area (Å²) in [5.41, 5.74) is 1.89. The summed E-state index contributed by atoms with van der Waals surface area (Å²) in [6.45, 7) is 1.93. The van der Waals surface area contributed by atoms with Crippen LogP contribution in [0.2, 0.25) is 0 Å². The summed E-state index contributed by atoms with van der Waals surface area (Å²) >= 11 is 1.44. The first-order chi connectivity index (χ1) is 15.2. The monoisotopic (exact) mass is 436 g/mol. The Kier molecular flexibility index (Phi) is 6.92. The van der Waals surface area contributed by atoms with Crippen LogP contribution >= 0.6 is 11.8 Å². The van der Waals surface area contributed by atoms with Crippen molar-refractivity contribution in [3.8, 4) is 22.8 Å². The highest BCUT2D eigenvalue weighted by atomic mass is 32.2. The summed E-state index contributed by atoms with van der Waals surface area (Å²) in [6.07, 6.45) is 5.81. The van der Waals surface area contributed by atoms with E-state index in [-0.39, 0.29) is 11.2 Å². The molecular formula is C24H28N4O2S. The zero-order chi connectivity index (χ0) is 21.6. The molecule has 1 atom stereocenters. The smallest absolute Gasteiger partial charge is 0.233 e. The average Bonchev–Trinajstić information content (AvgIpc) is 3.23. The Morgan fingerprint density at radius 1 is 1.06 bits per heavy atom. The minimum atomic E-state index is -0.266. The number of hydrogen-bond acceptors (Lipinski definition) is 5. The number of para-hydroxylation sites is 1. The number of rotatable bonds is 7. The van der Waals surface area contributed by atoms with Crippen molar-refractivity contribution in [3.05, 3.63) is 54.6 Å². The minimum absolute atomic E-state index is 0.0607. The molecule has 1 heterocycles. The molecule has 7 heteroatoms. The molecule has 0 radical (unpaired) electrons. The number of hydrogen-bond donors (Lipinski definition) is 1. The van der Waals surface area contributed by atoms with E-state index in [1.54, 1.807) is 7.11 Å². The number of ether oxygens (including phenoxy) is 1. The molecule has 3 aromatic rings. The van der Waals surface area contributed by atoms with E-state index in [0.29, 0.717) is 11.2 Å². The topological polar surface area (TPSA) is 69.0 Å². The van der Waals surface area contributed by atoms with Gasteiger partial charge in [-0.3, -0.25) is 9.36 Å². The van der Waals surface area contributed by atoms with Gasteiger partial charge in [-0.15, -0.1) is 10.2 Å². The molecule has 0 aliphatic heterocycles. The summed E-state index contributed by atoms with van der Waals surface area (Å²) in [7, 11) is 1.65. The molecule has 1 N–H and O–H groups in total. The van der Waals surface area contributed by atoms with Gasteiger partial charge in [0, 0.05) is 17.3 Å².